The van der Waals surface area contributed by atoms with E-state index < -0.39 is 5.41 Å². The highest BCUT2D eigenvalue weighted by Gasteiger charge is 2.23. The van der Waals surface area contributed by atoms with Crippen molar-refractivity contribution in [3.05, 3.63) is 34.7 Å². The second-order valence-corrected chi connectivity index (χ2v) is 8.38. The Labute approximate surface area is 161 Å². The van der Waals surface area contributed by atoms with Crippen LogP contribution in [0, 0.1) is 12.3 Å². The molecule has 3 N–H and O–H groups in total. The highest BCUT2D eigenvalue weighted by atomic mass is 32.1. The van der Waals surface area contributed by atoms with E-state index in [4.69, 9.17) is 4.74 Å². The lowest BCUT2D eigenvalue weighted by Crippen LogP contribution is -2.27. The Morgan fingerprint density at radius 2 is 1.93 bits per heavy atom. The summed E-state index contributed by atoms with van der Waals surface area (Å²) in [4.78, 5) is 36.7. The highest BCUT2D eigenvalue weighted by molar-refractivity contribution is 7.18. The van der Waals surface area contributed by atoms with Crippen LogP contribution in [0.2, 0.25) is 0 Å². The van der Waals surface area contributed by atoms with Gasteiger partial charge in [-0.05, 0) is 36.8 Å². The van der Waals surface area contributed by atoms with Crippen LogP contribution in [0.3, 0.4) is 0 Å². The first-order chi connectivity index (χ1) is 12.6. The molecule has 0 fully saturated rings. The lowest BCUT2D eigenvalue weighted by molar-refractivity contribution is -0.123. The molecule has 8 heteroatoms. The number of ether oxygens (including phenoxy) is 1. The first-order valence-electron chi connectivity index (χ1n) is 8.43. The molecule has 3 amide bonds. The molecular weight excluding hydrogens is 366 g/mol. The van der Waals surface area contributed by atoms with Crippen LogP contribution in [-0.2, 0) is 9.59 Å². The van der Waals surface area contributed by atoms with E-state index in [1.54, 1.807) is 24.3 Å². The Morgan fingerprint density at radius 3 is 2.63 bits per heavy atom. The van der Waals surface area contributed by atoms with Crippen LogP contribution in [0.15, 0.2) is 24.3 Å². The van der Waals surface area contributed by atoms with Crippen LogP contribution in [0.25, 0.3) is 0 Å². The zero-order valence-corrected chi connectivity index (χ0v) is 16.4. The molecule has 7 nitrogen and oxygen atoms in total. The van der Waals surface area contributed by atoms with Gasteiger partial charge in [-0.1, -0.05) is 20.8 Å². The van der Waals surface area contributed by atoms with Crippen molar-refractivity contribution < 1.29 is 19.1 Å². The monoisotopic (exact) mass is 387 g/mol. The van der Waals surface area contributed by atoms with Crippen molar-refractivity contribution in [2.75, 3.05) is 22.6 Å². The van der Waals surface area contributed by atoms with Gasteiger partial charge in [0, 0.05) is 11.1 Å². The van der Waals surface area contributed by atoms with Gasteiger partial charge in [0.25, 0.3) is 11.8 Å². The molecule has 0 unspecified atom stereocenters. The Hall–Kier alpha value is -2.87. The minimum absolute atomic E-state index is 0.0177. The largest absolute Gasteiger partial charge is 0.482 e. The Bertz CT molecular complexity index is 928. The summed E-state index contributed by atoms with van der Waals surface area (Å²) in [6.45, 7) is 7.29. The number of benzene rings is 1. The minimum Gasteiger partial charge on any atom is -0.482 e. The van der Waals surface area contributed by atoms with Crippen LogP contribution in [0.1, 0.15) is 36.0 Å². The lowest BCUT2D eigenvalue weighted by atomic mass is 9.96. The summed E-state index contributed by atoms with van der Waals surface area (Å²) in [5, 5.41) is 8.99. The van der Waals surface area contributed by atoms with Crippen LogP contribution < -0.4 is 20.7 Å². The average Bonchev–Trinajstić information content (AvgIpc) is 2.94. The van der Waals surface area contributed by atoms with E-state index in [2.05, 4.69) is 16.0 Å². The number of hydrogen-bond acceptors (Lipinski definition) is 5. The minimum atomic E-state index is -0.518. The molecule has 0 atom stereocenters. The third-order valence-electron chi connectivity index (χ3n) is 3.91. The fourth-order valence-corrected chi connectivity index (χ4v) is 3.38. The fraction of sp³-hybridized carbons (Fsp3) is 0.316. The van der Waals surface area contributed by atoms with E-state index in [1.165, 1.54) is 11.3 Å². The van der Waals surface area contributed by atoms with Crippen LogP contribution >= 0.6 is 11.3 Å². The van der Waals surface area contributed by atoms with E-state index in [0.29, 0.717) is 27.0 Å². The van der Waals surface area contributed by atoms with E-state index in [1.807, 2.05) is 27.7 Å². The summed E-state index contributed by atoms with van der Waals surface area (Å²) in [5.41, 5.74) is 1.31. The molecule has 0 spiro atoms. The summed E-state index contributed by atoms with van der Waals surface area (Å²) in [6.07, 6.45) is 0. The predicted octanol–water partition coefficient (Wildman–Crippen LogP) is 3.62. The quantitative estimate of drug-likeness (QED) is 0.749. The van der Waals surface area contributed by atoms with Crippen LogP contribution in [-0.4, -0.2) is 24.3 Å². The summed E-state index contributed by atoms with van der Waals surface area (Å²) in [6, 6.07) is 6.83. The van der Waals surface area contributed by atoms with Crippen molar-refractivity contribution in [3.63, 3.8) is 0 Å². The number of thiophene rings is 1. The number of aryl methyl sites for hydroxylation is 1. The van der Waals surface area contributed by atoms with Gasteiger partial charge in [0.15, 0.2) is 6.61 Å². The maximum Gasteiger partial charge on any atom is 0.266 e. The molecule has 1 aliphatic rings. The predicted molar refractivity (Wildman–Crippen MR) is 106 cm³/mol. The molecule has 1 aliphatic heterocycles. The van der Waals surface area contributed by atoms with E-state index in [0.717, 1.165) is 5.56 Å². The van der Waals surface area contributed by atoms with Gasteiger partial charge >= 0.3 is 0 Å². The van der Waals surface area contributed by atoms with Crippen molar-refractivity contribution in [2.24, 2.45) is 5.41 Å². The molecular formula is C19H21N3O4S. The summed E-state index contributed by atoms with van der Waals surface area (Å²) >= 11 is 1.22. The maximum absolute atomic E-state index is 12.6. The number of anilines is 3. The van der Waals surface area contributed by atoms with Gasteiger partial charge in [0.05, 0.1) is 15.6 Å². The van der Waals surface area contributed by atoms with Gasteiger partial charge < -0.3 is 20.7 Å². The first-order valence-corrected chi connectivity index (χ1v) is 9.25. The standard InChI is InChI=1S/C19H21N3O4S/c1-10-7-15(22-18(25)19(2,3)4)27-16(10)17(24)20-11-5-6-13-12(8-11)21-14(23)9-26-13/h5-8H,9H2,1-4H3,(H,20,24)(H,21,23)(H,22,25). The number of amides is 3. The van der Waals surface area contributed by atoms with Crippen molar-refractivity contribution in [2.45, 2.75) is 27.7 Å². The molecule has 0 saturated carbocycles. The van der Waals surface area contributed by atoms with Crippen molar-refractivity contribution in [1.82, 2.24) is 0 Å². The molecule has 142 valence electrons. The molecule has 2 aromatic rings. The second-order valence-electron chi connectivity index (χ2n) is 7.33. The lowest BCUT2D eigenvalue weighted by Gasteiger charge is -2.18. The summed E-state index contributed by atoms with van der Waals surface area (Å²) in [5.74, 6) is -0.0655. The molecule has 27 heavy (non-hydrogen) atoms. The Kier molecular flexibility index (Phi) is 4.93. The highest BCUT2D eigenvalue weighted by Crippen LogP contribution is 2.32. The van der Waals surface area contributed by atoms with Gasteiger partial charge in [-0.3, -0.25) is 14.4 Å². The molecule has 2 heterocycles. The summed E-state index contributed by atoms with van der Waals surface area (Å²) < 4.78 is 5.30. The number of fused-ring (bicyclic) bond motifs is 1. The maximum atomic E-state index is 12.6. The van der Waals surface area contributed by atoms with E-state index in [-0.39, 0.29) is 24.3 Å². The zero-order chi connectivity index (χ0) is 19.8. The van der Waals surface area contributed by atoms with E-state index in [9.17, 15) is 14.4 Å². The van der Waals surface area contributed by atoms with Crippen molar-refractivity contribution in [1.29, 1.82) is 0 Å². The molecule has 0 saturated heterocycles. The second kappa shape index (κ2) is 7.03. The molecule has 0 aliphatic carbocycles. The van der Waals surface area contributed by atoms with Crippen LogP contribution in [0.4, 0.5) is 16.4 Å². The van der Waals surface area contributed by atoms with Gasteiger partial charge in [-0.15, -0.1) is 11.3 Å². The Balaban J connectivity index is 1.74. The number of carbonyl (C=O) groups excluding carboxylic acids is 3. The number of carbonyl (C=O) groups is 3. The number of rotatable bonds is 3. The molecule has 0 radical (unpaired) electrons. The summed E-state index contributed by atoms with van der Waals surface area (Å²) in [7, 11) is 0. The van der Waals surface area contributed by atoms with E-state index >= 15 is 0 Å². The molecule has 1 aromatic heterocycles. The third kappa shape index (κ3) is 4.28. The van der Waals surface area contributed by atoms with Gasteiger partial charge in [0.1, 0.15) is 5.75 Å². The smallest absolute Gasteiger partial charge is 0.266 e. The SMILES string of the molecule is Cc1cc(NC(=O)C(C)(C)C)sc1C(=O)Nc1ccc2c(c1)NC(=O)CO2. The third-order valence-corrected chi connectivity index (χ3v) is 5.06. The normalized spacial score (nSPS) is 13.3. The molecule has 1 aromatic carbocycles. The number of hydrogen-bond donors (Lipinski definition) is 3. The van der Waals surface area contributed by atoms with Gasteiger partial charge in [0.2, 0.25) is 5.91 Å². The van der Waals surface area contributed by atoms with Gasteiger partial charge in [-0.25, -0.2) is 0 Å². The molecule has 0 bridgehead atoms. The van der Waals surface area contributed by atoms with Gasteiger partial charge in [-0.2, -0.15) is 0 Å². The zero-order valence-electron chi connectivity index (χ0n) is 15.6. The number of nitrogens with one attached hydrogen (secondary N) is 3. The fourth-order valence-electron chi connectivity index (χ4n) is 2.42. The van der Waals surface area contributed by atoms with Crippen molar-refractivity contribution in [3.8, 4) is 5.75 Å². The Morgan fingerprint density at radius 1 is 1.19 bits per heavy atom. The average molecular weight is 387 g/mol. The first kappa shape index (κ1) is 18.9. The molecule has 3 rings (SSSR count). The van der Waals surface area contributed by atoms with Crippen molar-refractivity contribution >= 4 is 45.4 Å². The topological polar surface area (TPSA) is 96.5 Å². The van der Waals surface area contributed by atoms with Crippen LogP contribution in [0.5, 0.6) is 5.75 Å².